The first kappa shape index (κ1) is 31.5. The second-order valence-corrected chi connectivity index (χ2v) is 14.4. The summed E-state index contributed by atoms with van der Waals surface area (Å²) in [5, 5.41) is 6.68. The van der Waals surface area contributed by atoms with Crippen LogP contribution in [0.15, 0.2) is 191 Å². The third-order valence-electron chi connectivity index (χ3n) is 11.1. The van der Waals surface area contributed by atoms with Crippen molar-refractivity contribution in [3.8, 4) is 51.0 Å². The van der Waals surface area contributed by atoms with Gasteiger partial charge >= 0.3 is 0 Å². The van der Waals surface area contributed by atoms with Gasteiger partial charge in [-0.3, -0.25) is 4.57 Å². The number of furan rings is 2. The lowest BCUT2D eigenvalue weighted by Crippen LogP contribution is -2.06. The molecule has 0 N–H and O–H groups in total. The predicted octanol–water partition coefficient (Wildman–Crippen LogP) is 13.4. The fourth-order valence-electron chi connectivity index (χ4n) is 8.50. The minimum absolute atomic E-state index is 0.575. The zero-order chi connectivity index (χ0) is 37.5. The van der Waals surface area contributed by atoms with E-state index in [9.17, 15) is 0 Å². The predicted molar refractivity (Wildman–Crippen MR) is 230 cm³/mol. The molecule has 0 amide bonds. The van der Waals surface area contributed by atoms with Gasteiger partial charge in [0.25, 0.3) is 0 Å². The second-order valence-electron chi connectivity index (χ2n) is 14.4. The summed E-state index contributed by atoms with van der Waals surface area (Å²) >= 11 is 0. The third-order valence-corrected chi connectivity index (χ3v) is 11.1. The van der Waals surface area contributed by atoms with Crippen LogP contribution in [0.3, 0.4) is 0 Å². The average Bonchev–Trinajstić information content (AvgIpc) is 3.96. The zero-order valence-corrected chi connectivity index (χ0v) is 30.4. The van der Waals surface area contributed by atoms with Crippen molar-refractivity contribution in [1.29, 1.82) is 0 Å². The smallest absolute Gasteiger partial charge is 0.238 e. The Morgan fingerprint density at radius 3 is 1.51 bits per heavy atom. The number of rotatable bonds is 5. The van der Waals surface area contributed by atoms with E-state index >= 15 is 0 Å². The van der Waals surface area contributed by atoms with Crippen molar-refractivity contribution in [2.75, 3.05) is 0 Å². The number of aromatic nitrogens is 4. The van der Waals surface area contributed by atoms with E-state index in [1.807, 2.05) is 54.6 Å². The molecule has 12 rings (SSSR count). The molecule has 0 aliphatic carbocycles. The fraction of sp³-hybridized carbons (Fsp3) is 0. The molecule has 6 nitrogen and oxygen atoms in total. The Morgan fingerprint density at radius 1 is 0.333 bits per heavy atom. The average molecular weight is 731 g/mol. The summed E-state index contributed by atoms with van der Waals surface area (Å²) in [4.78, 5) is 15.3. The standard InChI is InChI=1S/C51H30N4O2/c1-2-12-32(13-3-1)49-52-50(54-51(53-49)55-41-19-7-4-14-37(41)38-15-5-8-20-42(38)55)33-26-24-31(25-27-33)35-17-10-23-45-47(35)40-29-28-34(30-46(40)57-45)36-18-11-22-44-48(36)39-16-6-9-21-43(39)56-44/h1-30H. The van der Waals surface area contributed by atoms with Gasteiger partial charge in [0.05, 0.1) is 11.0 Å². The van der Waals surface area contributed by atoms with E-state index in [1.54, 1.807) is 0 Å². The summed E-state index contributed by atoms with van der Waals surface area (Å²) in [5.41, 5.74) is 11.7. The summed E-state index contributed by atoms with van der Waals surface area (Å²) in [5.74, 6) is 1.80. The number of hydrogen-bond donors (Lipinski definition) is 0. The molecular formula is C51H30N4O2. The number of nitrogens with zero attached hydrogens (tertiary/aromatic N) is 4. The number of benzene rings is 8. The molecule has 6 heteroatoms. The van der Waals surface area contributed by atoms with Gasteiger partial charge in [-0.2, -0.15) is 9.97 Å². The van der Waals surface area contributed by atoms with Crippen LogP contribution >= 0.6 is 0 Å². The molecule has 0 saturated heterocycles. The Balaban J connectivity index is 0.970. The van der Waals surface area contributed by atoms with Crippen LogP contribution in [0.5, 0.6) is 0 Å². The van der Waals surface area contributed by atoms with Crippen LogP contribution in [0.4, 0.5) is 0 Å². The first-order chi connectivity index (χ1) is 28.2. The molecule has 12 aromatic rings. The van der Waals surface area contributed by atoms with Crippen LogP contribution < -0.4 is 0 Å². The molecule has 0 bridgehead atoms. The Morgan fingerprint density at radius 2 is 0.825 bits per heavy atom. The van der Waals surface area contributed by atoms with Gasteiger partial charge in [0.2, 0.25) is 5.95 Å². The molecule has 4 heterocycles. The van der Waals surface area contributed by atoms with Gasteiger partial charge in [-0.1, -0.05) is 140 Å². The molecule has 0 spiro atoms. The van der Waals surface area contributed by atoms with Crippen LogP contribution in [-0.2, 0) is 0 Å². The lowest BCUT2D eigenvalue weighted by molar-refractivity contribution is 0.668. The van der Waals surface area contributed by atoms with Crippen molar-refractivity contribution < 1.29 is 8.83 Å². The Kier molecular flexibility index (Phi) is 6.83. The molecule has 4 aromatic heterocycles. The second kappa shape index (κ2) is 12.3. The molecule has 0 aliphatic heterocycles. The Hall–Kier alpha value is -7.83. The molecule has 57 heavy (non-hydrogen) atoms. The highest BCUT2D eigenvalue weighted by atomic mass is 16.3. The molecule has 8 aromatic carbocycles. The third kappa shape index (κ3) is 4.94. The van der Waals surface area contributed by atoms with Crippen molar-refractivity contribution in [3.05, 3.63) is 182 Å². The van der Waals surface area contributed by atoms with Gasteiger partial charge in [-0.05, 0) is 64.7 Å². The van der Waals surface area contributed by atoms with Crippen molar-refractivity contribution in [2.45, 2.75) is 0 Å². The highest BCUT2D eigenvalue weighted by molar-refractivity contribution is 6.16. The van der Waals surface area contributed by atoms with E-state index in [1.165, 1.54) is 0 Å². The molecule has 0 radical (unpaired) electrons. The minimum atomic E-state index is 0.575. The van der Waals surface area contributed by atoms with Gasteiger partial charge in [0.1, 0.15) is 22.3 Å². The maximum absolute atomic E-state index is 6.56. The maximum Gasteiger partial charge on any atom is 0.238 e. The molecule has 266 valence electrons. The number of hydrogen-bond acceptors (Lipinski definition) is 5. The normalized spacial score (nSPS) is 11.9. The Bertz CT molecular complexity index is 3470. The highest BCUT2D eigenvalue weighted by Crippen LogP contribution is 2.41. The maximum atomic E-state index is 6.56. The van der Waals surface area contributed by atoms with E-state index in [-0.39, 0.29) is 0 Å². The van der Waals surface area contributed by atoms with E-state index in [0.717, 1.165) is 99.1 Å². The SMILES string of the molecule is c1ccc(-c2nc(-c3ccc(-c4cccc5oc6cc(-c7cccc8oc9ccccc9c78)ccc6c45)cc3)nc(-n3c4ccccc4c4ccccc43)n2)cc1. The molecule has 0 unspecified atom stereocenters. The van der Waals surface area contributed by atoms with Crippen molar-refractivity contribution in [2.24, 2.45) is 0 Å². The first-order valence-corrected chi connectivity index (χ1v) is 19.0. The minimum Gasteiger partial charge on any atom is -0.456 e. The summed E-state index contributed by atoms with van der Waals surface area (Å²) in [6.45, 7) is 0. The van der Waals surface area contributed by atoms with E-state index in [4.69, 9.17) is 23.8 Å². The summed E-state index contributed by atoms with van der Waals surface area (Å²) < 4.78 is 14.9. The fourth-order valence-corrected chi connectivity index (χ4v) is 8.50. The molecular weight excluding hydrogens is 701 g/mol. The largest absolute Gasteiger partial charge is 0.456 e. The van der Waals surface area contributed by atoms with Gasteiger partial charge in [0, 0.05) is 43.4 Å². The van der Waals surface area contributed by atoms with Gasteiger partial charge in [0.15, 0.2) is 11.6 Å². The van der Waals surface area contributed by atoms with Crippen LogP contribution in [0.25, 0.3) is 117 Å². The summed E-state index contributed by atoms with van der Waals surface area (Å²) in [6, 6.07) is 62.6. The number of para-hydroxylation sites is 3. The Labute approximate surface area is 325 Å². The van der Waals surface area contributed by atoms with Crippen LogP contribution in [-0.4, -0.2) is 19.5 Å². The van der Waals surface area contributed by atoms with Crippen LogP contribution in [0.2, 0.25) is 0 Å². The van der Waals surface area contributed by atoms with Crippen LogP contribution in [0, 0.1) is 0 Å². The van der Waals surface area contributed by atoms with Crippen molar-refractivity contribution in [1.82, 2.24) is 19.5 Å². The lowest BCUT2D eigenvalue weighted by Gasteiger charge is -2.11. The zero-order valence-electron chi connectivity index (χ0n) is 30.4. The molecule has 0 atom stereocenters. The molecule has 0 aliphatic rings. The molecule has 0 saturated carbocycles. The van der Waals surface area contributed by atoms with E-state index < -0.39 is 0 Å². The lowest BCUT2D eigenvalue weighted by atomic mass is 9.96. The summed E-state index contributed by atoms with van der Waals surface area (Å²) in [7, 11) is 0. The van der Waals surface area contributed by atoms with Crippen molar-refractivity contribution in [3.63, 3.8) is 0 Å². The molecule has 0 fully saturated rings. The van der Waals surface area contributed by atoms with Gasteiger partial charge in [-0.25, -0.2) is 4.98 Å². The van der Waals surface area contributed by atoms with Crippen molar-refractivity contribution >= 4 is 65.7 Å². The first-order valence-electron chi connectivity index (χ1n) is 19.0. The van der Waals surface area contributed by atoms with Gasteiger partial charge < -0.3 is 8.83 Å². The summed E-state index contributed by atoms with van der Waals surface area (Å²) in [6.07, 6.45) is 0. The van der Waals surface area contributed by atoms with E-state index in [2.05, 4.69) is 132 Å². The van der Waals surface area contributed by atoms with Gasteiger partial charge in [-0.15, -0.1) is 0 Å². The topological polar surface area (TPSA) is 69.9 Å². The highest BCUT2D eigenvalue weighted by Gasteiger charge is 2.19. The van der Waals surface area contributed by atoms with Crippen LogP contribution in [0.1, 0.15) is 0 Å². The monoisotopic (exact) mass is 730 g/mol. The van der Waals surface area contributed by atoms with E-state index in [0.29, 0.717) is 17.6 Å². The quantitative estimate of drug-likeness (QED) is 0.176. The number of fused-ring (bicyclic) bond motifs is 9.